The second-order valence-electron chi connectivity index (χ2n) is 7.75. The summed E-state index contributed by atoms with van der Waals surface area (Å²) >= 11 is 0. The minimum Gasteiger partial charge on any atom is -0.460 e. The number of nitrogens with one attached hydrogen (secondary N) is 1. The second kappa shape index (κ2) is 9.79. The highest BCUT2D eigenvalue weighted by molar-refractivity contribution is 5.97. The van der Waals surface area contributed by atoms with Gasteiger partial charge in [0.1, 0.15) is 11.5 Å². The van der Waals surface area contributed by atoms with Gasteiger partial charge in [-0.05, 0) is 51.9 Å². The van der Waals surface area contributed by atoms with Crippen LogP contribution in [0.4, 0.5) is 0 Å². The predicted molar refractivity (Wildman–Crippen MR) is 118 cm³/mol. The fraction of sp³-hybridized carbons (Fsp3) is 0.458. The van der Waals surface area contributed by atoms with Crippen LogP contribution in [0, 0.1) is 6.92 Å². The van der Waals surface area contributed by atoms with Crippen molar-refractivity contribution in [3.05, 3.63) is 59.5 Å². The van der Waals surface area contributed by atoms with E-state index in [1.165, 1.54) is 0 Å². The average molecular weight is 396 g/mol. The number of carbonyl (C=O) groups excluding carboxylic acids is 1. The highest BCUT2D eigenvalue weighted by Crippen LogP contribution is 2.25. The lowest BCUT2D eigenvalue weighted by atomic mass is 10.1. The SMILES string of the molecule is CCN(CC)CCC[C@@H](C)NC(=O)c1cc2oc(C)cc2n1Cc1ccccc1. The molecule has 0 unspecified atom stereocenters. The predicted octanol–water partition coefficient (Wildman–Crippen LogP) is 4.83. The van der Waals surface area contributed by atoms with Crippen LogP contribution in [-0.2, 0) is 6.54 Å². The van der Waals surface area contributed by atoms with Crippen LogP contribution in [0.15, 0.2) is 46.9 Å². The molecule has 29 heavy (non-hydrogen) atoms. The van der Waals surface area contributed by atoms with Gasteiger partial charge in [0, 0.05) is 24.7 Å². The number of benzene rings is 1. The van der Waals surface area contributed by atoms with Crippen LogP contribution in [0.25, 0.3) is 11.1 Å². The van der Waals surface area contributed by atoms with E-state index < -0.39 is 0 Å². The number of aryl methyl sites for hydroxylation is 1. The Bertz CT molecular complexity index is 922. The summed E-state index contributed by atoms with van der Waals surface area (Å²) in [5, 5.41) is 3.18. The van der Waals surface area contributed by atoms with Crippen molar-refractivity contribution in [2.45, 2.75) is 53.1 Å². The topological polar surface area (TPSA) is 50.4 Å². The van der Waals surface area contributed by atoms with E-state index in [0.717, 1.165) is 54.9 Å². The van der Waals surface area contributed by atoms with Gasteiger partial charge >= 0.3 is 0 Å². The van der Waals surface area contributed by atoms with E-state index in [9.17, 15) is 4.79 Å². The molecule has 156 valence electrons. The smallest absolute Gasteiger partial charge is 0.268 e. The highest BCUT2D eigenvalue weighted by Gasteiger charge is 2.20. The molecule has 2 aromatic heterocycles. The highest BCUT2D eigenvalue weighted by atomic mass is 16.3. The molecule has 1 amide bonds. The first-order valence-electron chi connectivity index (χ1n) is 10.7. The molecule has 1 aromatic carbocycles. The van der Waals surface area contributed by atoms with E-state index in [2.05, 4.69) is 47.7 Å². The summed E-state index contributed by atoms with van der Waals surface area (Å²) in [6.45, 7) is 12.3. The van der Waals surface area contributed by atoms with Crippen LogP contribution in [0.3, 0.4) is 0 Å². The molecule has 2 heterocycles. The maximum atomic E-state index is 13.0. The van der Waals surface area contributed by atoms with Crippen LogP contribution in [-0.4, -0.2) is 41.1 Å². The van der Waals surface area contributed by atoms with Crippen molar-refractivity contribution in [2.24, 2.45) is 0 Å². The number of fused-ring (bicyclic) bond motifs is 1. The molecule has 5 heteroatoms. The number of hydrogen-bond acceptors (Lipinski definition) is 3. The summed E-state index contributed by atoms with van der Waals surface area (Å²) in [5.41, 5.74) is 3.53. The molecule has 0 fully saturated rings. The Labute approximate surface area is 173 Å². The number of rotatable bonds is 10. The number of amides is 1. The Morgan fingerprint density at radius 2 is 1.90 bits per heavy atom. The molecule has 0 aliphatic carbocycles. The minimum atomic E-state index is -0.0414. The van der Waals surface area contributed by atoms with Gasteiger partial charge in [0.2, 0.25) is 0 Å². The Hall–Kier alpha value is -2.53. The zero-order chi connectivity index (χ0) is 20.8. The molecule has 3 rings (SSSR count). The van der Waals surface area contributed by atoms with Gasteiger partial charge in [0.25, 0.3) is 5.91 Å². The summed E-state index contributed by atoms with van der Waals surface area (Å²) in [6.07, 6.45) is 2.05. The molecule has 0 bridgehead atoms. The second-order valence-corrected chi connectivity index (χ2v) is 7.75. The zero-order valence-electron chi connectivity index (χ0n) is 18.1. The fourth-order valence-electron chi connectivity index (χ4n) is 3.82. The molecule has 0 aliphatic heterocycles. The molecule has 1 atom stereocenters. The minimum absolute atomic E-state index is 0.0414. The van der Waals surface area contributed by atoms with Gasteiger partial charge in [-0.15, -0.1) is 0 Å². The summed E-state index contributed by atoms with van der Waals surface area (Å²) < 4.78 is 7.85. The van der Waals surface area contributed by atoms with E-state index in [-0.39, 0.29) is 11.9 Å². The summed E-state index contributed by atoms with van der Waals surface area (Å²) in [4.78, 5) is 15.5. The van der Waals surface area contributed by atoms with Gasteiger partial charge in [0.05, 0.1) is 5.52 Å². The van der Waals surface area contributed by atoms with Crippen LogP contribution >= 0.6 is 0 Å². The van der Waals surface area contributed by atoms with Crippen LogP contribution in [0.2, 0.25) is 0 Å². The molecule has 5 nitrogen and oxygen atoms in total. The van der Waals surface area contributed by atoms with E-state index in [0.29, 0.717) is 12.2 Å². The first-order chi connectivity index (χ1) is 14.0. The molecule has 0 saturated heterocycles. The Morgan fingerprint density at radius 3 is 2.59 bits per heavy atom. The summed E-state index contributed by atoms with van der Waals surface area (Å²) in [7, 11) is 0. The molecule has 0 spiro atoms. The van der Waals surface area contributed by atoms with Crippen molar-refractivity contribution in [2.75, 3.05) is 19.6 Å². The Balaban J connectivity index is 1.72. The third-order valence-corrected chi connectivity index (χ3v) is 5.51. The van der Waals surface area contributed by atoms with Gasteiger partial charge in [0.15, 0.2) is 5.58 Å². The lowest BCUT2D eigenvalue weighted by molar-refractivity contribution is 0.0928. The zero-order valence-corrected chi connectivity index (χ0v) is 18.1. The number of hydrogen-bond donors (Lipinski definition) is 1. The first kappa shape index (κ1) is 21.2. The summed E-state index contributed by atoms with van der Waals surface area (Å²) in [6, 6.07) is 14.2. The van der Waals surface area contributed by atoms with E-state index in [4.69, 9.17) is 4.42 Å². The van der Waals surface area contributed by atoms with Crippen molar-refractivity contribution in [1.82, 2.24) is 14.8 Å². The van der Waals surface area contributed by atoms with Gasteiger partial charge in [-0.1, -0.05) is 44.2 Å². The van der Waals surface area contributed by atoms with Crippen molar-refractivity contribution >= 4 is 17.0 Å². The van der Waals surface area contributed by atoms with Crippen LogP contribution in [0.1, 0.15) is 55.4 Å². The van der Waals surface area contributed by atoms with E-state index >= 15 is 0 Å². The fourth-order valence-corrected chi connectivity index (χ4v) is 3.82. The monoisotopic (exact) mass is 395 g/mol. The van der Waals surface area contributed by atoms with E-state index in [1.54, 1.807) is 0 Å². The van der Waals surface area contributed by atoms with Gasteiger partial charge in [-0.2, -0.15) is 0 Å². The van der Waals surface area contributed by atoms with Crippen LogP contribution in [0.5, 0.6) is 0 Å². The number of furan rings is 1. The molecule has 0 aliphatic rings. The van der Waals surface area contributed by atoms with Gasteiger partial charge in [-0.25, -0.2) is 0 Å². The molecule has 0 saturated carbocycles. The largest absolute Gasteiger partial charge is 0.460 e. The van der Waals surface area contributed by atoms with Crippen molar-refractivity contribution < 1.29 is 9.21 Å². The number of nitrogens with zero attached hydrogens (tertiary/aromatic N) is 2. The summed E-state index contributed by atoms with van der Waals surface area (Å²) in [5.74, 6) is 0.814. The van der Waals surface area contributed by atoms with E-state index in [1.807, 2.05) is 37.3 Å². The van der Waals surface area contributed by atoms with Crippen molar-refractivity contribution in [3.63, 3.8) is 0 Å². The lowest BCUT2D eigenvalue weighted by Crippen LogP contribution is -2.34. The van der Waals surface area contributed by atoms with Crippen molar-refractivity contribution in [3.8, 4) is 0 Å². The third kappa shape index (κ3) is 5.30. The lowest BCUT2D eigenvalue weighted by Gasteiger charge is -2.20. The van der Waals surface area contributed by atoms with Crippen LogP contribution < -0.4 is 5.32 Å². The Kier molecular flexibility index (Phi) is 7.15. The van der Waals surface area contributed by atoms with Gasteiger partial charge in [-0.3, -0.25) is 4.79 Å². The number of aromatic nitrogens is 1. The molecular weight excluding hydrogens is 362 g/mol. The third-order valence-electron chi connectivity index (χ3n) is 5.51. The maximum absolute atomic E-state index is 13.0. The Morgan fingerprint density at radius 1 is 1.17 bits per heavy atom. The first-order valence-corrected chi connectivity index (χ1v) is 10.7. The molecular formula is C24H33N3O2. The quantitative estimate of drug-likeness (QED) is 0.535. The average Bonchev–Trinajstić information content (AvgIpc) is 3.23. The number of carbonyl (C=O) groups is 1. The maximum Gasteiger partial charge on any atom is 0.268 e. The molecule has 1 N–H and O–H groups in total. The van der Waals surface area contributed by atoms with Crippen molar-refractivity contribution in [1.29, 1.82) is 0 Å². The normalized spacial score (nSPS) is 12.6. The standard InChI is InChI=1S/C24H33N3O2/c1-5-26(6-2)14-10-11-18(3)25-24(28)22-16-23-21(15-19(4)29-23)27(22)17-20-12-8-7-9-13-20/h7-9,12-13,15-16,18H,5-6,10-11,14,17H2,1-4H3,(H,25,28)/t18-/m1/s1. The molecule has 0 radical (unpaired) electrons. The van der Waals surface area contributed by atoms with Gasteiger partial charge < -0.3 is 19.2 Å². The molecule has 3 aromatic rings.